The minimum atomic E-state index is -0.561. The number of para-hydroxylation sites is 2. The molecule has 1 aliphatic carbocycles. The molecule has 10 aromatic carbocycles. The maximum Gasteiger partial charge on any atom is 0.0714 e. The van der Waals surface area contributed by atoms with Crippen LogP contribution in [-0.2, 0) is 5.41 Å². The lowest BCUT2D eigenvalue weighted by atomic mass is 9.67. The van der Waals surface area contributed by atoms with Gasteiger partial charge in [-0.15, -0.1) is 0 Å². The van der Waals surface area contributed by atoms with E-state index in [1.165, 1.54) is 71.6 Å². The highest BCUT2D eigenvalue weighted by atomic mass is 15.1. The third-order valence-corrected chi connectivity index (χ3v) is 12.8. The van der Waals surface area contributed by atoms with Crippen LogP contribution in [0, 0.1) is 0 Å². The zero-order chi connectivity index (χ0) is 40.3. The normalized spacial score (nSPS) is 12.7. The molecule has 11 aromatic rings. The fourth-order valence-corrected chi connectivity index (χ4v) is 10.2. The average Bonchev–Trinajstić information content (AvgIpc) is 3.83. The summed E-state index contributed by atoms with van der Waals surface area (Å²) in [7, 11) is 0. The summed E-state index contributed by atoms with van der Waals surface area (Å²) in [5.74, 6) is 0. The average molecular weight is 777 g/mol. The van der Waals surface area contributed by atoms with Gasteiger partial charge in [-0.2, -0.15) is 0 Å². The predicted molar refractivity (Wildman–Crippen MR) is 256 cm³/mol. The Labute approximate surface area is 355 Å². The van der Waals surface area contributed by atoms with Crippen molar-refractivity contribution in [2.45, 2.75) is 5.41 Å². The molecule has 0 fully saturated rings. The Kier molecular flexibility index (Phi) is 8.11. The highest BCUT2D eigenvalue weighted by Gasteiger charge is 2.47. The number of nitrogens with zero attached hydrogens (tertiary/aromatic N) is 2. The van der Waals surface area contributed by atoms with Gasteiger partial charge in [-0.25, -0.2) is 0 Å². The smallest absolute Gasteiger partial charge is 0.0714 e. The molecule has 1 aliphatic rings. The highest BCUT2D eigenvalue weighted by Crippen LogP contribution is 2.59. The summed E-state index contributed by atoms with van der Waals surface area (Å²) in [4.78, 5) is 2.46. The number of rotatable bonds is 7. The van der Waals surface area contributed by atoms with E-state index in [9.17, 15) is 0 Å². The van der Waals surface area contributed by atoms with Crippen LogP contribution in [0.2, 0.25) is 0 Å². The summed E-state index contributed by atoms with van der Waals surface area (Å²) in [6, 6.07) is 89.2. The molecular formula is C59H40N2. The number of hydrogen-bond donors (Lipinski definition) is 0. The highest BCUT2D eigenvalue weighted by molar-refractivity contribution is 6.11. The summed E-state index contributed by atoms with van der Waals surface area (Å²) >= 11 is 0. The van der Waals surface area contributed by atoms with Crippen molar-refractivity contribution in [3.8, 4) is 27.9 Å². The second-order valence-electron chi connectivity index (χ2n) is 16.1. The number of aromatic nitrogens is 1. The van der Waals surface area contributed by atoms with Gasteiger partial charge in [-0.1, -0.05) is 188 Å². The molecule has 61 heavy (non-hydrogen) atoms. The molecular weight excluding hydrogens is 737 g/mol. The zero-order valence-electron chi connectivity index (χ0n) is 33.5. The molecule has 0 bridgehead atoms. The van der Waals surface area contributed by atoms with Crippen LogP contribution in [0.5, 0.6) is 0 Å². The van der Waals surface area contributed by atoms with E-state index in [1.54, 1.807) is 0 Å². The lowest BCUT2D eigenvalue weighted by Gasteiger charge is -2.35. The SMILES string of the molecule is c1ccc(-c2cccc(N(c3ccc4c(c3)C(c3ccccc3)(c3ccccc3)c3ccc5ccccc5c3-4)c3ccc4c5ccccc5n(-c5ccccc5)c4c3)c2)cc1. The Balaban J connectivity index is 1.16. The summed E-state index contributed by atoms with van der Waals surface area (Å²) < 4.78 is 2.41. The third-order valence-electron chi connectivity index (χ3n) is 12.8. The molecule has 2 heteroatoms. The van der Waals surface area contributed by atoms with Crippen LogP contribution >= 0.6 is 0 Å². The maximum atomic E-state index is 2.48. The maximum absolute atomic E-state index is 2.48. The molecule has 0 radical (unpaired) electrons. The monoisotopic (exact) mass is 776 g/mol. The molecule has 1 heterocycles. The largest absolute Gasteiger partial charge is 0.310 e. The van der Waals surface area contributed by atoms with E-state index >= 15 is 0 Å². The van der Waals surface area contributed by atoms with Crippen LogP contribution in [0.15, 0.2) is 243 Å². The molecule has 0 unspecified atom stereocenters. The second-order valence-corrected chi connectivity index (χ2v) is 16.1. The molecule has 12 rings (SSSR count). The molecule has 286 valence electrons. The van der Waals surface area contributed by atoms with E-state index in [2.05, 4.69) is 252 Å². The molecule has 0 atom stereocenters. The standard InChI is InChI=1S/C59H40N2/c1-5-18-41(19-6-1)43-21-17-28-47(38-43)60(49-33-35-52-51-30-15-16-31-56(51)61(57(52)40-49)46-26-11-4-12-27-46)48-34-36-53-55(39-48)59(44-22-7-2-8-23-44,45-24-9-3-10-25-45)54-37-32-42-20-13-14-29-50(42)58(53)54/h1-40H. The fraction of sp³-hybridized carbons (Fsp3) is 0.0169. The summed E-state index contributed by atoms with van der Waals surface area (Å²) in [6.07, 6.45) is 0. The molecule has 2 nitrogen and oxygen atoms in total. The molecule has 0 amide bonds. The van der Waals surface area contributed by atoms with Crippen LogP contribution < -0.4 is 4.90 Å². The summed E-state index contributed by atoms with van der Waals surface area (Å²) in [5.41, 5.74) is 16.2. The fourth-order valence-electron chi connectivity index (χ4n) is 10.2. The Morgan fingerprint density at radius 1 is 0.344 bits per heavy atom. The van der Waals surface area contributed by atoms with E-state index < -0.39 is 5.41 Å². The Morgan fingerprint density at radius 2 is 0.918 bits per heavy atom. The number of hydrogen-bond acceptors (Lipinski definition) is 1. The van der Waals surface area contributed by atoms with Gasteiger partial charge in [0.15, 0.2) is 0 Å². The van der Waals surface area contributed by atoms with Gasteiger partial charge in [0.1, 0.15) is 0 Å². The van der Waals surface area contributed by atoms with Crippen molar-refractivity contribution in [3.63, 3.8) is 0 Å². The molecule has 1 aromatic heterocycles. The van der Waals surface area contributed by atoms with Crippen molar-refractivity contribution in [2.24, 2.45) is 0 Å². The second kappa shape index (κ2) is 14.1. The third kappa shape index (κ3) is 5.43. The van der Waals surface area contributed by atoms with Crippen molar-refractivity contribution in [3.05, 3.63) is 265 Å². The van der Waals surface area contributed by atoms with Crippen LogP contribution in [0.1, 0.15) is 22.3 Å². The molecule has 0 saturated carbocycles. The van der Waals surface area contributed by atoms with Gasteiger partial charge in [-0.05, 0) is 110 Å². The lowest BCUT2D eigenvalue weighted by Crippen LogP contribution is -2.28. The van der Waals surface area contributed by atoms with Gasteiger partial charge < -0.3 is 9.47 Å². The first kappa shape index (κ1) is 35.0. The van der Waals surface area contributed by atoms with Crippen molar-refractivity contribution >= 4 is 49.6 Å². The van der Waals surface area contributed by atoms with E-state index in [0.717, 1.165) is 28.3 Å². The van der Waals surface area contributed by atoms with Crippen molar-refractivity contribution in [1.29, 1.82) is 0 Å². The Hall–Kier alpha value is -7.94. The van der Waals surface area contributed by atoms with Crippen molar-refractivity contribution in [1.82, 2.24) is 4.57 Å². The van der Waals surface area contributed by atoms with Gasteiger partial charge in [0.25, 0.3) is 0 Å². The van der Waals surface area contributed by atoms with Gasteiger partial charge in [-0.3, -0.25) is 0 Å². The number of fused-ring (bicyclic) bond motifs is 8. The van der Waals surface area contributed by atoms with E-state index in [1.807, 2.05) is 0 Å². The first-order valence-corrected chi connectivity index (χ1v) is 21.1. The van der Waals surface area contributed by atoms with E-state index in [4.69, 9.17) is 0 Å². The lowest BCUT2D eigenvalue weighted by molar-refractivity contribution is 0.769. The minimum absolute atomic E-state index is 0.561. The van der Waals surface area contributed by atoms with Crippen LogP contribution in [0.25, 0.3) is 60.5 Å². The Morgan fingerprint density at radius 3 is 1.67 bits per heavy atom. The predicted octanol–water partition coefficient (Wildman–Crippen LogP) is 15.4. The van der Waals surface area contributed by atoms with Gasteiger partial charge >= 0.3 is 0 Å². The number of benzene rings is 10. The molecule has 0 spiro atoms. The van der Waals surface area contributed by atoms with Gasteiger partial charge in [0.2, 0.25) is 0 Å². The van der Waals surface area contributed by atoms with Crippen molar-refractivity contribution in [2.75, 3.05) is 4.90 Å². The van der Waals surface area contributed by atoms with Gasteiger partial charge in [0, 0.05) is 33.5 Å². The minimum Gasteiger partial charge on any atom is -0.310 e. The topological polar surface area (TPSA) is 8.17 Å². The molecule has 0 aliphatic heterocycles. The van der Waals surface area contributed by atoms with Crippen LogP contribution in [-0.4, -0.2) is 4.57 Å². The first-order chi connectivity index (χ1) is 30.3. The Bertz CT molecular complexity index is 3360. The number of anilines is 3. The van der Waals surface area contributed by atoms with Crippen LogP contribution in [0.3, 0.4) is 0 Å². The molecule has 0 saturated heterocycles. The molecule has 0 N–H and O–H groups in total. The van der Waals surface area contributed by atoms with E-state index in [-0.39, 0.29) is 0 Å². The van der Waals surface area contributed by atoms with Gasteiger partial charge in [0.05, 0.1) is 16.4 Å². The van der Waals surface area contributed by atoms with Crippen LogP contribution in [0.4, 0.5) is 17.1 Å². The van der Waals surface area contributed by atoms with Crippen molar-refractivity contribution < 1.29 is 0 Å². The summed E-state index contributed by atoms with van der Waals surface area (Å²) in [5, 5.41) is 4.98. The first-order valence-electron chi connectivity index (χ1n) is 21.1. The zero-order valence-corrected chi connectivity index (χ0v) is 33.5. The summed E-state index contributed by atoms with van der Waals surface area (Å²) in [6.45, 7) is 0. The van der Waals surface area contributed by atoms with E-state index in [0.29, 0.717) is 0 Å². The quantitative estimate of drug-likeness (QED) is 0.156.